The quantitative estimate of drug-likeness (QED) is 0.230. The van der Waals surface area contributed by atoms with E-state index in [-0.39, 0.29) is 11.8 Å². The number of amides is 2. The summed E-state index contributed by atoms with van der Waals surface area (Å²) in [6.07, 6.45) is 0. The van der Waals surface area contributed by atoms with Gasteiger partial charge in [0.2, 0.25) is 0 Å². The molecular formula is C30H26N4O2. The second kappa shape index (κ2) is 12.6. The number of carbonyl (C=O) groups excluding carboxylic acids is 2. The molecule has 0 aliphatic carbocycles. The van der Waals surface area contributed by atoms with Gasteiger partial charge in [0.05, 0.1) is 13.1 Å². The predicted octanol–water partition coefficient (Wildman–Crippen LogP) is 4.74. The van der Waals surface area contributed by atoms with Crippen molar-refractivity contribution >= 4 is 23.5 Å². The summed E-state index contributed by atoms with van der Waals surface area (Å²) in [5.41, 5.74) is 2.70. The van der Waals surface area contributed by atoms with Gasteiger partial charge >= 0.3 is 0 Å². The van der Waals surface area contributed by atoms with Gasteiger partial charge in [0.25, 0.3) is 11.8 Å². The highest BCUT2D eigenvalue weighted by Crippen LogP contribution is 2.05. The maximum atomic E-state index is 12.7. The van der Waals surface area contributed by atoms with E-state index >= 15 is 0 Å². The van der Waals surface area contributed by atoms with Crippen LogP contribution in [-0.4, -0.2) is 36.6 Å². The Morgan fingerprint density at radius 3 is 1.03 bits per heavy atom. The number of carbonyl (C=O) groups is 2. The third kappa shape index (κ3) is 6.84. The molecule has 6 heteroatoms. The molecule has 0 spiro atoms. The molecule has 4 aromatic carbocycles. The first-order valence-electron chi connectivity index (χ1n) is 11.6. The number of rotatable bonds is 7. The van der Waals surface area contributed by atoms with E-state index in [9.17, 15) is 9.59 Å². The van der Waals surface area contributed by atoms with Crippen LogP contribution in [0.15, 0.2) is 131 Å². The van der Waals surface area contributed by atoms with E-state index in [4.69, 9.17) is 0 Å². The summed E-state index contributed by atoms with van der Waals surface area (Å²) in [4.78, 5) is 34.7. The lowest BCUT2D eigenvalue weighted by Gasteiger charge is -2.11. The van der Waals surface area contributed by atoms with Gasteiger partial charge in [-0.3, -0.25) is 19.6 Å². The van der Waals surface area contributed by atoms with E-state index < -0.39 is 0 Å². The highest BCUT2D eigenvalue weighted by Gasteiger charge is 2.12. The van der Waals surface area contributed by atoms with E-state index in [1.54, 1.807) is 24.3 Å². The van der Waals surface area contributed by atoms with Gasteiger partial charge in [-0.15, -0.1) is 0 Å². The number of nitrogens with one attached hydrogen (secondary N) is 2. The molecule has 0 saturated heterocycles. The zero-order chi connectivity index (χ0) is 25.0. The topological polar surface area (TPSA) is 82.9 Å². The van der Waals surface area contributed by atoms with Crippen molar-refractivity contribution in [2.75, 3.05) is 13.1 Å². The lowest BCUT2D eigenvalue weighted by Crippen LogP contribution is -2.32. The van der Waals surface area contributed by atoms with Gasteiger partial charge in [-0.2, -0.15) is 0 Å². The number of benzene rings is 4. The lowest BCUT2D eigenvalue weighted by atomic mass is 10.1. The van der Waals surface area contributed by atoms with Gasteiger partial charge in [0.1, 0.15) is 11.7 Å². The zero-order valence-electron chi connectivity index (χ0n) is 19.7. The lowest BCUT2D eigenvalue weighted by molar-refractivity contribution is 0.0968. The Labute approximate surface area is 210 Å². The van der Waals surface area contributed by atoms with Gasteiger partial charge in [-0.25, -0.2) is 0 Å². The average molecular weight is 475 g/mol. The van der Waals surface area contributed by atoms with Gasteiger partial charge in [0.15, 0.2) is 0 Å². The van der Waals surface area contributed by atoms with Crippen molar-refractivity contribution in [2.24, 2.45) is 9.98 Å². The minimum atomic E-state index is -0.234. The van der Waals surface area contributed by atoms with Crippen LogP contribution in [0.3, 0.4) is 0 Å². The summed E-state index contributed by atoms with van der Waals surface area (Å²) in [6, 6.07) is 37.0. The largest absolute Gasteiger partial charge is 0.306 e. The third-order valence-corrected chi connectivity index (χ3v) is 5.27. The first-order chi connectivity index (χ1) is 17.7. The molecule has 0 radical (unpaired) electrons. The highest BCUT2D eigenvalue weighted by molar-refractivity contribution is 6.13. The van der Waals surface area contributed by atoms with Crippen molar-refractivity contribution in [1.29, 1.82) is 0 Å². The average Bonchev–Trinajstić information content (AvgIpc) is 2.95. The van der Waals surface area contributed by atoms with Crippen LogP contribution < -0.4 is 10.6 Å². The van der Waals surface area contributed by atoms with Crippen molar-refractivity contribution in [3.63, 3.8) is 0 Å². The minimum Gasteiger partial charge on any atom is -0.306 e. The molecule has 178 valence electrons. The van der Waals surface area contributed by atoms with Gasteiger partial charge < -0.3 is 10.6 Å². The molecule has 0 aliphatic heterocycles. The minimum absolute atomic E-state index is 0.234. The standard InChI is InChI=1S/C30H26N4O2/c35-29(25-17-9-3-10-18-25)33-27(23-13-5-1-6-14-23)31-21-22-32-28(24-15-7-2-8-16-24)34-30(36)26-19-11-4-12-20-26/h1-20H,21-22H2,(H,31,33,35)(H,32,34,36). The Kier molecular flexibility index (Phi) is 8.48. The summed E-state index contributed by atoms with van der Waals surface area (Å²) in [7, 11) is 0. The zero-order valence-corrected chi connectivity index (χ0v) is 19.7. The Morgan fingerprint density at radius 2 is 0.722 bits per heavy atom. The fourth-order valence-corrected chi connectivity index (χ4v) is 3.46. The van der Waals surface area contributed by atoms with Crippen LogP contribution >= 0.6 is 0 Å². The molecule has 0 heterocycles. The second-order valence-electron chi connectivity index (χ2n) is 7.83. The molecule has 0 unspecified atom stereocenters. The van der Waals surface area contributed by atoms with E-state index in [1.807, 2.05) is 97.1 Å². The molecule has 0 bridgehead atoms. The molecule has 0 aromatic heterocycles. The molecule has 4 rings (SSSR count). The van der Waals surface area contributed by atoms with Crippen LogP contribution in [0.1, 0.15) is 31.8 Å². The first kappa shape index (κ1) is 24.3. The van der Waals surface area contributed by atoms with E-state index in [0.717, 1.165) is 11.1 Å². The van der Waals surface area contributed by atoms with Crippen LogP contribution in [0.4, 0.5) is 0 Å². The molecule has 6 nitrogen and oxygen atoms in total. The van der Waals surface area contributed by atoms with Crippen molar-refractivity contribution in [1.82, 2.24) is 10.6 Å². The molecule has 0 saturated carbocycles. The number of aliphatic imine (C=N–C) groups is 2. The van der Waals surface area contributed by atoms with Gasteiger partial charge in [-0.05, 0) is 24.3 Å². The summed E-state index contributed by atoms with van der Waals surface area (Å²) >= 11 is 0. The Morgan fingerprint density at radius 1 is 0.444 bits per heavy atom. The first-order valence-corrected chi connectivity index (χ1v) is 11.6. The monoisotopic (exact) mass is 474 g/mol. The van der Waals surface area contributed by atoms with Crippen LogP contribution in [0.5, 0.6) is 0 Å². The molecule has 0 fully saturated rings. The molecule has 4 aromatic rings. The molecule has 0 atom stereocenters. The highest BCUT2D eigenvalue weighted by atomic mass is 16.2. The normalized spacial score (nSPS) is 11.6. The number of hydrogen-bond donors (Lipinski definition) is 2. The summed E-state index contributed by atoms with van der Waals surface area (Å²) in [5, 5.41) is 5.83. The number of nitrogens with zero attached hydrogens (tertiary/aromatic N) is 2. The predicted molar refractivity (Wildman–Crippen MR) is 144 cm³/mol. The summed E-state index contributed by atoms with van der Waals surface area (Å²) in [5.74, 6) is 0.465. The van der Waals surface area contributed by atoms with Crippen molar-refractivity contribution in [3.05, 3.63) is 144 Å². The van der Waals surface area contributed by atoms with Crippen molar-refractivity contribution in [2.45, 2.75) is 0 Å². The van der Waals surface area contributed by atoms with E-state index in [1.165, 1.54) is 0 Å². The molecule has 2 N–H and O–H groups in total. The van der Waals surface area contributed by atoms with Gasteiger partial charge in [-0.1, -0.05) is 97.1 Å². The van der Waals surface area contributed by atoms with E-state index in [2.05, 4.69) is 20.6 Å². The fourth-order valence-electron chi connectivity index (χ4n) is 3.46. The Balaban J connectivity index is 1.52. The van der Waals surface area contributed by atoms with Gasteiger partial charge in [0, 0.05) is 22.3 Å². The van der Waals surface area contributed by atoms with Crippen LogP contribution in [0.2, 0.25) is 0 Å². The van der Waals surface area contributed by atoms with Crippen LogP contribution in [-0.2, 0) is 0 Å². The maximum absolute atomic E-state index is 12.7. The number of amidine groups is 2. The molecule has 36 heavy (non-hydrogen) atoms. The van der Waals surface area contributed by atoms with Crippen LogP contribution in [0.25, 0.3) is 0 Å². The molecule has 0 aliphatic rings. The Bertz CT molecular complexity index is 1230. The summed E-state index contributed by atoms with van der Waals surface area (Å²) < 4.78 is 0. The number of hydrogen-bond acceptors (Lipinski definition) is 4. The van der Waals surface area contributed by atoms with E-state index in [0.29, 0.717) is 35.9 Å². The Hall–Kier alpha value is -4.84. The van der Waals surface area contributed by atoms with Crippen molar-refractivity contribution < 1.29 is 9.59 Å². The maximum Gasteiger partial charge on any atom is 0.256 e. The third-order valence-electron chi connectivity index (χ3n) is 5.27. The van der Waals surface area contributed by atoms with Crippen LogP contribution in [0, 0.1) is 0 Å². The molecule has 2 amide bonds. The molecular weight excluding hydrogens is 448 g/mol. The second-order valence-corrected chi connectivity index (χ2v) is 7.83. The summed E-state index contributed by atoms with van der Waals surface area (Å²) in [6.45, 7) is 0.633. The smallest absolute Gasteiger partial charge is 0.256 e. The van der Waals surface area contributed by atoms with Crippen molar-refractivity contribution in [3.8, 4) is 0 Å². The SMILES string of the molecule is O=C(NC(=NCCN=C(NC(=O)c1ccccc1)c1ccccc1)c1ccccc1)c1ccccc1. The fraction of sp³-hybridized carbons (Fsp3) is 0.0667.